The Balaban J connectivity index is 1.79. The monoisotopic (exact) mass is 223 g/mol. The lowest BCUT2D eigenvalue weighted by Crippen LogP contribution is -2.50. The van der Waals surface area contributed by atoms with Crippen LogP contribution in [-0.2, 0) is 13.1 Å². The molecule has 0 saturated carbocycles. The van der Waals surface area contributed by atoms with E-state index in [1.54, 1.807) is 0 Å². The topological polar surface area (TPSA) is 36.3 Å². The third-order valence-corrected chi connectivity index (χ3v) is 3.09. The summed E-state index contributed by atoms with van der Waals surface area (Å²) < 4.78 is 2.03. The molecule has 5 nitrogen and oxygen atoms in total. The Morgan fingerprint density at radius 2 is 2.06 bits per heavy atom. The van der Waals surface area contributed by atoms with Crippen LogP contribution in [0.3, 0.4) is 0 Å². The lowest BCUT2D eigenvalue weighted by Gasteiger charge is -2.32. The highest BCUT2D eigenvalue weighted by Gasteiger charge is 2.13. The van der Waals surface area contributed by atoms with Crippen molar-refractivity contribution in [2.24, 2.45) is 0 Å². The first-order chi connectivity index (χ1) is 7.79. The number of nitrogens with one attached hydrogen (secondary N) is 1. The van der Waals surface area contributed by atoms with Gasteiger partial charge in [-0.2, -0.15) is 5.10 Å². The number of aryl methyl sites for hydroxylation is 1. The normalized spacial score (nSPS) is 19.1. The van der Waals surface area contributed by atoms with Crippen molar-refractivity contribution in [2.45, 2.75) is 20.0 Å². The summed E-state index contributed by atoms with van der Waals surface area (Å²) in [7, 11) is 2.17. The van der Waals surface area contributed by atoms with Gasteiger partial charge in [-0.15, -0.1) is 0 Å². The molecule has 1 aromatic heterocycles. The van der Waals surface area contributed by atoms with Gasteiger partial charge in [-0.05, 0) is 20.0 Å². The minimum absolute atomic E-state index is 0.873. The summed E-state index contributed by atoms with van der Waals surface area (Å²) in [5, 5.41) is 6.56. The molecular formula is C11H21N5. The highest BCUT2D eigenvalue weighted by atomic mass is 15.5. The van der Waals surface area contributed by atoms with Crippen molar-refractivity contribution >= 4 is 0 Å². The van der Waals surface area contributed by atoms with Crippen molar-refractivity contribution < 1.29 is 0 Å². The van der Waals surface area contributed by atoms with Gasteiger partial charge >= 0.3 is 0 Å². The molecule has 90 valence electrons. The summed E-state index contributed by atoms with van der Waals surface area (Å²) in [6.07, 6.45) is 1.87. The maximum absolute atomic E-state index is 4.26. The highest BCUT2D eigenvalue weighted by molar-refractivity contribution is 4.99. The van der Waals surface area contributed by atoms with Crippen LogP contribution in [0.2, 0.25) is 0 Å². The second kappa shape index (κ2) is 5.43. The fourth-order valence-corrected chi connectivity index (χ4v) is 1.95. The molecule has 16 heavy (non-hydrogen) atoms. The first kappa shape index (κ1) is 11.6. The van der Waals surface area contributed by atoms with E-state index < -0.39 is 0 Å². The van der Waals surface area contributed by atoms with E-state index in [-0.39, 0.29) is 0 Å². The van der Waals surface area contributed by atoms with Crippen LogP contribution in [0, 0.1) is 0 Å². The lowest BCUT2D eigenvalue weighted by molar-refractivity contribution is 0.101. The van der Waals surface area contributed by atoms with E-state index in [0.717, 1.165) is 39.3 Å². The molecule has 0 spiro atoms. The van der Waals surface area contributed by atoms with E-state index in [2.05, 4.69) is 40.5 Å². The molecule has 0 unspecified atom stereocenters. The van der Waals surface area contributed by atoms with Crippen LogP contribution in [0.25, 0.3) is 0 Å². The predicted octanol–water partition coefficient (Wildman–Crippen LogP) is 0.155. The molecule has 0 amide bonds. The second-order valence-electron chi connectivity index (χ2n) is 4.26. The van der Waals surface area contributed by atoms with Gasteiger partial charge in [0.15, 0.2) is 0 Å². The zero-order chi connectivity index (χ0) is 11.4. The van der Waals surface area contributed by atoms with Crippen LogP contribution in [-0.4, -0.2) is 52.9 Å². The number of hydrogen-bond acceptors (Lipinski definition) is 4. The highest BCUT2D eigenvalue weighted by Crippen LogP contribution is 2.00. The molecular weight excluding hydrogens is 202 g/mol. The molecule has 5 heteroatoms. The lowest BCUT2D eigenvalue weighted by atomic mass is 10.4. The Labute approximate surface area is 97.0 Å². The van der Waals surface area contributed by atoms with Gasteiger partial charge in [0.2, 0.25) is 0 Å². The van der Waals surface area contributed by atoms with E-state index >= 15 is 0 Å². The molecule has 0 bridgehead atoms. The van der Waals surface area contributed by atoms with Crippen LogP contribution in [0.15, 0.2) is 12.3 Å². The van der Waals surface area contributed by atoms with Crippen molar-refractivity contribution in [3.05, 3.63) is 18.0 Å². The van der Waals surface area contributed by atoms with Crippen LogP contribution in [0.4, 0.5) is 0 Å². The molecule has 2 heterocycles. The van der Waals surface area contributed by atoms with E-state index in [4.69, 9.17) is 0 Å². The molecule has 2 rings (SSSR count). The Hall–Kier alpha value is -0.910. The maximum atomic E-state index is 4.26. The van der Waals surface area contributed by atoms with Crippen LogP contribution in [0.1, 0.15) is 12.6 Å². The third kappa shape index (κ3) is 2.81. The minimum atomic E-state index is 0.873. The largest absolute Gasteiger partial charge is 0.304 e. The van der Waals surface area contributed by atoms with E-state index in [1.165, 1.54) is 5.69 Å². The fourth-order valence-electron chi connectivity index (χ4n) is 1.95. The van der Waals surface area contributed by atoms with Gasteiger partial charge in [-0.3, -0.25) is 4.68 Å². The van der Waals surface area contributed by atoms with Crippen LogP contribution >= 0.6 is 0 Å². The van der Waals surface area contributed by atoms with Crippen molar-refractivity contribution in [1.29, 1.82) is 0 Å². The Bertz CT molecular complexity index is 314. The summed E-state index contributed by atoms with van der Waals surface area (Å²) in [5.41, 5.74) is 4.72. The van der Waals surface area contributed by atoms with Crippen molar-refractivity contribution in [1.82, 2.24) is 25.1 Å². The molecule has 0 radical (unpaired) electrons. The SMILES string of the molecule is CCn1nccc1CNN1CCN(C)CC1. The number of piperazine rings is 1. The molecule has 1 aliphatic rings. The summed E-state index contributed by atoms with van der Waals surface area (Å²) in [6, 6.07) is 2.08. The average molecular weight is 223 g/mol. The summed E-state index contributed by atoms with van der Waals surface area (Å²) in [5.74, 6) is 0. The molecule has 0 aromatic carbocycles. The predicted molar refractivity (Wildman–Crippen MR) is 63.8 cm³/mol. The van der Waals surface area contributed by atoms with Crippen LogP contribution < -0.4 is 5.43 Å². The van der Waals surface area contributed by atoms with Crippen molar-refractivity contribution in [3.8, 4) is 0 Å². The molecule has 1 saturated heterocycles. The molecule has 1 fully saturated rings. The Morgan fingerprint density at radius 1 is 1.31 bits per heavy atom. The molecule has 1 aromatic rings. The van der Waals surface area contributed by atoms with Gasteiger partial charge in [0, 0.05) is 38.9 Å². The van der Waals surface area contributed by atoms with Gasteiger partial charge in [0.1, 0.15) is 0 Å². The average Bonchev–Trinajstić information content (AvgIpc) is 2.76. The number of hydrazine groups is 1. The van der Waals surface area contributed by atoms with Gasteiger partial charge < -0.3 is 4.90 Å². The summed E-state index contributed by atoms with van der Waals surface area (Å²) >= 11 is 0. The van der Waals surface area contributed by atoms with Crippen LogP contribution in [0.5, 0.6) is 0 Å². The summed E-state index contributed by atoms with van der Waals surface area (Å²) in [6.45, 7) is 8.39. The Kier molecular flexibility index (Phi) is 3.93. The number of aromatic nitrogens is 2. The third-order valence-electron chi connectivity index (χ3n) is 3.09. The van der Waals surface area contributed by atoms with E-state index in [0.29, 0.717) is 0 Å². The van der Waals surface area contributed by atoms with Crippen molar-refractivity contribution in [3.63, 3.8) is 0 Å². The Morgan fingerprint density at radius 3 is 2.75 bits per heavy atom. The standard InChI is InChI=1S/C11H21N5/c1-3-16-11(4-5-12-16)10-13-15-8-6-14(2)7-9-15/h4-5,13H,3,6-10H2,1-2H3. The maximum Gasteiger partial charge on any atom is 0.0536 e. The fraction of sp³-hybridized carbons (Fsp3) is 0.727. The number of rotatable bonds is 4. The van der Waals surface area contributed by atoms with Gasteiger partial charge in [0.05, 0.1) is 12.2 Å². The minimum Gasteiger partial charge on any atom is -0.304 e. The first-order valence-corrected chi connectivity index (χ1v) is 5.97. The number of nitrogens with zero attached hydrogens (tertiary/aromatic N) is 4. The summed E-state index contributed by atoms with van der Waals surface area (Å²) in [4.78, 5) is 2.36. The smallest absolute Gasteiger partial charge is 0.0536 e. The molecule has 1 aliphatic heterocycles. The quantitative estimate of drug-likeness (QED) is 0.788. The second-order valence-corrected chi connectivity index (χ2v) is 4.26. The van der Waals surface area contributed by atoms with Gasteiger partial charge in [0.25, 0.3) is 0 Å². The zero-order valence-electron chi connectivity index (χ0n) is 10.2. The number of likely N-dealkylation sites (N-methyl/N-ethyl adjacent to an activating group) is 1. The van der Waals surface area contributed by atoms with E-state index in [1.807, 2.05) is 10.9 Å². The van der Waals surface area contributed by atoms with E-state index in [9.17, 15) is 0 Å². The first-order valence-electron chi connectivity index (χ1n) is 5.97. The zero-order valence-corrected chi connectivity index (χ0v) is 10.2. The number of hydrogen-bond donors (Lipinski definition) is 1. The van der Waals surface area contributed by atoms with Gasteiger partial charge in [-0.25, -0.2) is 10.4 Å². The molecule has 0 atom stereocenters. The van der Waals surface area contributed by atoms with Crippen molar-refractivity contribution in [2.75, 3.05) is 33.2 Å². The molecule has 1 N–H and O–H groups in total. The van der Waals surface area contributed by atoms with Gasteiger partial charge in [-0.1, -0.05) is 0 Å². The molecule has 0 aliphatic carbocycles.